The van der Waals surface area contributed by atoms with E-state index in [4.69, 9.17) is 18.9 Å². The third-order valence-electron chi connectivity index (χ3n) is 4.41. The van der Waals surface area contributed by atoms with Gasteiger partial charge in [0.05, 0.1) is 19.0 Å². The molecule has 0 aliphatic carbocycles. The molecule has 1 aliphatic rings. The maximum Gasteiger partial charge on any atom is 0.363 e. The second kappa shape index (κ2) is 8.16. The number of ether oxygens (including phenoxy) is 4. The number of methoxy groups -OCH3 is 1. The Bertz CT molecular complexity index is 1080. The van der Waals surface area contributed by atoms with Gasteiger partial charge < -0.3 is 24.3 Å². The fraction of sp³-hybridized carbons (Fsp3) is 0.190. The van der Waals surface area contributed by atoms with Crippen molar-refractivity contribution in [3.63, 3.8) is 0 Å². The lowest BCUT2D eigenvalue weighted by atomic mass is 10.2. The number of aromatic nitrogens is 2. The van der Waals surface area contributed by atoms with E-state index < -0.39 is 18.0 Å². The van der Waals surface area contributed by atoms with Gasteiger partial charge in [0.1, 0.15) is 0 Å². The van der Waals surface area contributed by atoms with Gasteiger partial charge in [-0.25, -0.2) is 9.48 Å². The Balaban J connectivity index is 1.44. The predicted molar refractivity (Wildman–Crippen MR) is 106 cm³/mol. The van der Waals surface area contributed by atoms with Crippen LogP contribution in [0.2, 0.25) is 0 Å². The van der Waals surface area contributed by atoms with Crippen LogP contribution in [0, 0.1) is 0 Å². The quantitative estimate of drug-likeness (QED) is 0.625. The Labute approximate surface area is 172 Å². The molecule has 0 bridgehead atoms. The molecule has 2 aromatic carbocycles. The molecule has 1 amide bonds. The van der Waals surface area contributed by atoms with Crippen LogP contribution in [-0.2, 0) is 9.53 Å². The molecular weight excluding hydrogens is 390 g/mol. The van der Waals surface area contributed by atoms with E-state index in [0.717, 1.165) is 5.69 Å². The molecule has 1 aromatic heterocycles. The molecular formula is C21H19N3O6. The highest BCUT2D eigenvalue weighted by molar-refractivity contribution is 5.97. The van der Waals surface area contributed by atoms with E-state index in [-0.39, 0.29) is 18.2 Å². The number of anilines is 1. The van der Waals surface area contributed by atoms with E-state index in [1.165, 1.54) is 18.7 Å². The highest BCUT2D eigenvalue weighted by atomic mass is 16.7. The summed E-state index contributed by atoms with van der Waals surface area (Å²) >= 11 is 0. The molecule has 0 saturated heterocycles. The minimum atomic E-state index is -1.06. The van der Waals surface area contributed by atoms with E-state index in [9.17, 15) is 9.59 Å². The van der Waals surface area contributed by atoms with Crippen LogP contribution in [0.4, 0.5) is 5.69 Å². The molecule has 0 radical (unpaired) electrons. The Morgan fingerprint density at radius 2 is 1.90 bits per heavy atom. The first-order valence-corrected chi connectivity index (χ1v) is 9.15. The SMILES string of the molecule is COc1cn(-c2ccccc2)nc1C(=O)O[C@@H](C)C(=O)Nc1ccc2c(c1)OCO2. The van der Waals surface area contributed by atoms with Gasteiger partial charge in [-0.05, 0) is 31.2 Å². The Morgan fingerprint density at radius 1 is 1.13 bits per heavy atom. The summed E-state index contributed by atoms with van der Waals surface area (Å²) in [5.41, 5.74) is 1.23. The molecule has 2 heterocycles. The molecule has 9 heteroatoms. The van der Waals surface area contributed by atoms with Crippen LogP contribution in [0.15, 0.2) is 54.7 Å². The largest absolute Gasteiger partial charge is 0.493 e. The number of carbonyl (C=O) groups is 2. The van der Waals surface area contributed by atoms with Crippen molar-refractivity contribution in [1.82, 2.24) is 9.78 Å². The molecule has 9 nitrogen and oxygen atoms in total. The maximum atomic E-state index is 12.6. The van der Waals surface area contributed by atoms with Gasteiger partial charge in [0.2, 0.25) is 12.5 Å². The van der Waals surface area contributed by atoms with Crippen molar-refractivity contribution < 1.29 is 28.5 Å². The van der Waals surface area contributed by atoms with Gasteiger partial charge in [0, 0.05) is 11.8 Å². The number of para-hydroxylation sites is 1. The molecule has 154 valence electrons. The van der Waals surface area contributed by atoms with Gasteiger partial charge in [-0.15, -0.1) is 0 Å². The number of amides is 1. The van der Waals surface area contributed by atoms with E-state index in [0.29, 0.717) is 17.2 Å². The monoisotopic (exact) mass is 409 g/mol. The standard InChI is InChI=1S/C21H19N3O6/c1-13(20(25)22-14-8-9-16-17(10-14)29-12-28-16)30-21(26)19-18(27-2)11-24(23-19)15-6-4-3-5-7-15/h3-11,13H,12H2,1-2H3,(H,22,25)/t13-/m0/s1. The third-order valence-corrected chi connectivity index (χ3v) is 4.41. The smallest absolute Gasteiger partial charge is 0.363 e. The zero-order valence-electron chi connectivity index (χ0n) is 16.3. The topological polar surface area (TPSA) is 101 Å². The van der Waals surface area contributed by atoms with Crippen LogP contribution in [-0.4, -0.2) is 41.7 Å². The number of rotatable bonds is 6. The van der Waals surface area contributed by atoms with Crippen LogP contribution in [0.5, 0.6) is 17.2 Å². The number of fused-ring (bicyclic) bond motifs is 1. The average molecular weight is 409 g/mol. The summed E-state index contributed by atoms with van der Waals surface area (Å²) in [5, 5.41) is 6.92. The molecule has 4 rings (SSSR count). The van der Waals surface area contributed by atoms with Crippen molar-refractivity contribution in [2.75, 3.05) is 19.2 Å². The third kappa shape index (κ3) is 3.90. The summed E-state index contributed by atoms with van der Waals surface area (Å²) in [6.07, 6.45) is 0.512. The van der Waals surface area contributed by atoms with Gasteiger partial charge >= 0.3 is 5.97 Å². The zero-order valence-corrected chi connectivity index (χ0v) is 16.3. The minimum Gasteiger partial charge on any atom is -0.493 e. The van der Waals surface area contributed by atoms with Crippen LogP contribution < -0.4 is 19.5 Å². The predicted octanol–water partition coefficient (Wildman–Crippen LogP) is 2.79. The number of hydrogen-bond acceptors (Lipinski definition) is 7. The van der Waals surface area contributed by atoms with E-state index in [2.05, 4.69) is 10.4 Å². The second-order valence-corrected chi connectivity index (χ2v) is 6.43. The molecule has 1 aliphatic heterocycles. The summed E-state index contributed by atoms with van der Waals surface area (Å²) < 4.78 is 22.6. The van der Waals surface area contributed by atoms with Gasteiger partial charge in [-0.3, -0.25) is 4.79 Å². The lowest BCUT2D eigenvalue weighted by Gasteiger charge is -2.13. The molecule has 0 saturated carbocycles. The number of nitrogens with zero attached hydrogens (tertiary/aromatic N) is 2. The fourth-order valence-corrected chi connectivity index (χ4v) is 2.85. The molecule has 30 heavy (non-hydrogen) atoms. The number of nitrogens with one attached hydrogen (secondary N) is 1. The van der Waals surface area contributed by atoms with Crippen molar-refractivity contribution in [1.29, 1.82) is 0 Å². The summed E-state index contributed by atoms with van der Waals surface area (Å²) in [4.78, 5) is 25.0. The summed E-state index contributed by atoms with van der Waals surface area (Å²) in [5.74, 6) is 0.119. The summed E-state index contributed by atoms with van der Waals surface area (Å²) in [7, 11) is 1.43. The first-order chi connectivity index (χ1) is 14.5. The highest BCUT2D eigenvalue weighted by Gasteiger charge is 2.25. The highest BCUT2D eigenvalue weighted by Crippen LogP contribution is 2.34. The Kier molecular flexibility index (Phi) is 5.25. The lowest BCUT2D eigenvalue weighted by Crippen LogP contribution is -2.30. The van der Waals surface area contributed by atoms with Crippen molar-refractivity contribution in [2.45, 2.75) is 13.0 Å². The van der Waals surface area contributed by atoms with Crippen molar-refractivity contribution in [3.8, 4) is 22.9 Å². The number of carbonyl (C=O) groups excluding carboxylic acids is 2. The van der Waals surface area contributed by atoms with Gasteiger partial charge in [-0.1, -0.05) is 18.2 Å². The minimum absolute atomic E-state index is 0.0240. The normalized spacial score (nSPS) is 12.9. The second-order valence-electron chi connectivity index (χ2n) is 6.43. The Hall–Kier alpha value is -4.01. The van der Waals surface area contributed by atoms with Crippen LogP contribution >= 0.6 is 0 Å². The molecule has 1 N–H and O–H groups in total. The Morgan fingerprint density at radius 3 is 2.67 bits per heavy atom. The fourth-order valence-electron chi connectivity index (χ4n) is 2.85. The van der Waals surface area contributed by atoms with Gasteiger partial charge in [-0.2, -0.15) is 5.10 Å². The zero-order chi connectivity index (χ0) is 21.1. The van der Waals surface area contributed by atoms with Crippen LogP contribution in [0.25, 0.3) is 5.69 Å². The molecule has 3 aromatic rings. The molecule has 0 spiro atoms. The molecule has 0 unspecified atom stereocenters. The lowest BCUT2D eigenvalue weighted by molar-refractivity contribution is -0.123. The van der Waals surface area contributed by atoms with E-state index >= 15 is 0 Å². The van der Waals surface area contributed by atoms with E-state index in [1.807, 2.05) is 30.3 Å². The summed E-state index contributed by atoms with van der Waals surface area (Å²) in [6.45, 7) is 1.61. The average Bonchev–Trinajstić information content (AvgIpc) is 3.40. The number of esters is 1. The van der Waals surface area contributed by atoms with Crippen LogP contribution in [0.3, 0.4) is 0 Å². The summed E-state index contributed by atoms with van der Waals surface area (Å²) in [6, 6.07) is 14.2. The first kappa shape index (κ1) is 19.3. The van der Waals surface area contributed by atoms with Crippen molar-refractivity contribution >= 4 is 17.6 Å². The van der Waals surface area contributed by atoms with Crippen molar-refractivity contribution in [3.05, 3.63) is 60.4 Å². The van der Waals surface area contributed by atoms with Gasteiger partial charge in [0.15, 0.2) is 23.4 Å². The molecule has 0 fully saturated rings. The number of hydrogen-bond donors (Lipinski definition) is 1. The van der Waals surface area contributed by atoms with E-state index in [1.54, 1.807) is 24.4 Å². The first-order valence-electron chi connectivity index (χ1n) is 9.15. The maximum absolute atomic E-state index is 12.6. The van der Waals surface area contributed by atoms with Crippen LogP contribution in [0.1, 0.15) is 17.4 Å². The number of benzene rings is 2. The van der Waals surface area contributed by atoms with Gasteiger partial charge in [0.25, 0.3) is 5.91 Å². The van der Waals surface area contributed by atoms with Crippen molar-refractivity contribution in [2.24, 2.45) is 0 Å². The molecule has 1 atom stereocenters.